The van der Waals surface area contributed by atoms with Gasteiger partial charge in [-0.05, 0) is 24.6 Å². The fourth-order valence-corrected chi connectivity index (χ4v) is 3.90. The average molecular weight is 461 g/mol. The molecular formula is C18H18F3N3O6S. The Morgan fingerprint density at radius 1 is 1.19 bits per heavy atom. The highest BCUT2D eigenvalue weighted by molar-refractivity contribution is 7.90. The van der Waals surface area contributed by atoms with Crippen LogP contribution in [0.4, 0.5) is 29.3 Å². The van der Waals surface area contributed by atoms with Gasteiger partial charge < -0.3 is 9.64 Å². The third kappa shape index (κ3) is 6.31. The lowest BCUT2D eigenvalue weighted by atomic mass is 10.1. The zero-order valence-electron chi connectivity index (χ0n) is 16.3. The zero-order chi connectivity index (χ0) is 23.4. The van der Waals surface area contributed by atoms with E-state index in [-0.39, 0.29) is 6.61 Å². The lowest BCUT2D eigenvalue weighted by Crippen LogP contribution is -2.33. The molecule has 0 aliphatic heterocycles. The van der Waals surface area contributed by atoms with Gasteiger partial charge in [0, 0.05) is 12.6 Å². The Bertz CT molecular complexity index is 1070. The molecule has 0 aliphatic carbocycles. The van der Waals surface area contributed by atoms with Crippen molar-refractivity contribution in [1.29, 1.82) is 0 Å². The van der Waals surface area contributed by atoms with Crippen molar-refractivity contribution in [1.82, 2.24) is 4.72 Å². The molecule has 2 aromatic rings. The van der Waals surface area contributed by atoms with Crippen LogP contribution in [0.3, 0.4) is 0 Å². The summed E-state index contributed by atoms with van der Waals surface area (Å²) in [6.45, 7) is -0.640. The molecule has 0 saturated carbocycles. The van der Waals surface area contributed by atoms with E-state index in [4.69, 9.17) is 4.74 Å². The van der Waals surface area contributed by atoms with Crippen LogP contribution < -0.4 is 9.62 Å². The third-order valence-corrected chi connectivity index (χ3v) is 5.55. The number of anilines is 1. The lowest BCUT2D eigenvalue weighted by Gasteiger charge is -2.22. The minimum absolute atomic E-state index is 0.220. The zero-order valence-corrected chi connectivity index (χ0v) is 17.2. The number of benzene rings is 2. The van der Waals surface area contributed by atoms with Crippen LogP contribution >= 0.6 is 0 Å². The van der Waals surface area contributed by atoms with E-state index in [0.29, 0.717) is 10.5 Å². The van der Waals surface area contributed by atoms with E-state index in [1.54, 1.807) is 35.1 Å². The first-order valence-electron chi connectivity index (χ1n) is 8.61. The molecule has 0 aliphatic rings. The number of nitro groups is 1. The summed E-state index contributed by atoms with van der Waals surface area (Å²) in [6, 6.07) is 10.2. The molecule has 1 N–H and O–H groups in total. The highest BCUT2D eigenvalue weighted by Crippen LogP contribution is 2.36. The van der Waals surface area contributed by atoms with Gasteiger partial charge in [0.2, 0.25) is 0 Å². The van der Waals surface area contributed by atoms with Gasteiger partial charge in [-0.1, -0.05) is 30.3 Å². The molecule has 9 nitrogen and oxygen atoms in total. The average Bonchev–Trinajstić information content (AvgIpc) is 2.64. The summed E-state index contributed by atoms with van der Waals surface area (Å²) < 4.78 is 69.5. The Morgan fingerprint density at radius 2 is 1.81 bits per heavy atom. The van der Waals surface area contributed by atoms with Crippen molar-refractivity contribution in [3.05, 3.63) is 63.7 Å². The number of carbonyl (C=O) groups excluding carboxylic acids is 1. The van der Waals surface area contributed by atoms with Crippen LogP contribution in [0.2, 0.25) is 0 Å². The minimum Gasteiger partial charge on any atom is -0.444 e. The second kappa shape index (κ2) is 9.20. The molecule has 13 heteroatoms. The predicted octanol–water partition coefficient (Wildman–Crippen LogP) is 3.52. The molecule has 2 aromatic carbocycles. The highest BCUT2D eigenvalue weighted by atomic mass is 32.2. The van der Waals surface area contributed by atoms with Crippen LogP contribution in [0, 0.1) is 17.0 Å². The van der Waals surface area contributed by atoms with Crippen molar-refractivity contribution >= 4 is 27.5 Å². The molecule has 0 unspecified atom stereocenters. The number of halogens is 3. The van der Waals surface area contributed by atoms with E-state index in [1.165, 1.54) is 0 Å². The van der Waals surface area contributed by atoms with Crippen LogP contribution in [0.1, 0.15) is 11.1 Å². The van der Waals surface area contributed by atoms with Gasteiger partial charge in [0.25, 0.3) is 15.7 Å². The summed E-state index contributed by atoms with van der Waals surface area (Å²) in [6.07, 6.45) is -5.95. The van der Waals surface area contributed by atoms with Gasteiger partial charge in [-0.15, -0.1) is 0 Å². The van der Waals surface area contributed by atoms with Gasteiger partial charge in [0.1, 0.15) is 18.8 Å². The normalized spacial score (nSPS) is 11.6. The number of rotatable bonds is 7. The second-order valence-electron chi connectivity index (χ2n) is 6.45. The van der Waals surface area contributed by atoms with Gasteiger partial charge in [-0.2, -0.15) is 13.2 Å². The quantitative estimate of drug-likeness (QED) is 0.495. The molecule has 0 bridgehead atoms. The molecule has 0 atom stereocenters. The largest absolute Gasteiger partial charge is 0.444 e. The Labute approximate surface area is 175 Å². The summed E-state index contributed by atoms with van der Waals surface area (Å²) in [5.74, 6) is 0. The maximum absolute atomic E-state index is 12.7. The summed E-state index contributed by atoms with van der Waals surface area (Å²) in [5, 5.41) is 11.5. The number of amides is 1. The number of nitrogens with zero attached hydrogens (tertiary/aromatic N) is 2. The fraction of sp³-hybridized carbons (Fsp3) is 0.278. The maximum Gasteiger partial charge on any atom is 0.421 e. The van der Waals surface area contributed by atoms with Gasteiger partial charge in [0.15, 0.2) is 0 Å². The summed E-state index contributed by atoms with van der Waals surface area (Å²) in [5.41, 5.74) is -1.09. The SMILES string of the molecule is Cc1c(S(=O)(=O)NC(=O)OCc2ccccc2)ccc(N(C)CC(F)(F)F)c1[N+](=O)[O-]. The number of hydrogen-bond acceptors (Lipinski definition) is 7. The molecule has 168 valence electrons. The first-order chi connectivity index (χ1) is 14.3. The number of nitro benzene ring substituents is 1. The first-order valence-corrected chi connectivity index (χ1v) is 10.1. The number of hydrogen-bond donors (Lipinski definition) is 1. The molecule has 0 fully saturated rings. The second-order valence-corrected chi connectivity index (χ2v) is 8.10. The first kappa shape index (κ1) is 23.9. The Hall–Kier alpha value is -3.35. The number of carbonyl (C=O) groups is 1. The summed E-state index contributed by atoms with van der Waals surface area (Å²) in [7, 11) is -3.61. The van der Waals surface area contributed by atoms with E-state index in [1.807, 2.05) is 0 Å². The van der Waals surface area contributed by atoms with Crippen molar-refractivity contribution in [3.63, 3.8) is 0 Å². The van der Waals surface area contributed by atoms with Crippen molar-refractivity contribution < 1.29 is 36.0 Å². The third-order valence-electron chi connectivity index (χ3n) is 4.09. The van der Waals surface area contributed by atoms with E-state index in [0.717, 1.165) is 26.1 Å². The monoisotopic (exact) mass is 461 g/mol. The molecule has 0 spiro atoms. The van der Waals surface area contributed by atoms with E-state index in [2.05, 4.69) is 0 Å². The lowest BCUT2D eigenvalue weighted by molar-refractivity contribution is -0.384. The minimum atomic E-state index is -4.63. The number of nitrogens with one attached hydrogen (secondary N) is 1. The molecule has 1 amide bonds. The maximum atomic E-state index is 12.7. The molecule has 0 radical (unpaired) electrons. The van der Waals surface area contributed by atoms with Crippen molar-refractivity contribution in [2.75, 3.05) is 18.5 Å². The molecule has 2 rings (SSSR count). The van der Waals surface area contributed by atoms with Crippen molar-refractivity contribution in [2.45, 2.75) is 24.6 Å². The molecule has 31 heavy (non-hydrogen) atoms. The smallest absolute Gasteiger partial charge is 0.421 e. The Morgan fingerprint density at radius 3 is 2.35 bits per heavy atom. The van der Waals surface area contributed by atoms with E-state index < -0.39 is 55.6 Å². The van der Waals surface area contributed by atoms with Crippen LogP contribution in [0.25, 0.3) is 0 Å². The Balaban J connectivity index is 2.28. The summed E-state index contributed by atoms with van der Waals surface area (Å²) >= 11 is 0. The summed E-state index contributed by atoms with van der Waals surface area (Å²) in [4.78, 5) is 22.3. The van der Waals surface area contributed by atoms with Crippen LogP contribution in [0.5, 0.6) is 0 Å². The topological polar surface area (TPSA) is 119 Å². The van der Waals surface area contributed by atoms with E-state index in [9.17, 15) is 36.5 Å². The molecule has 0 saturated heterocycles. The molecule has 0 heterocycles. The Kier molecular flexibility index (Phi) is 7.10. The van der Waals surface area contributed by atoms with Crippen LogP contribution in [-0.4, -0.2) is 39.2 Å². The van der Waals surface area contributed by atoms with E-state index >= 15 is 0 Å². The number of alkyl halides is 3. The van der Waals surface area contributed by atoms with Gasteiger partial charge in [-0.25, -0.2) is 17.9 Å². The predicted molar refractivity (Wildman–Crippen MR) is 104 cm³/mol. The van der Waals surface area contributed by atoms with Gasteiger partial charge in [-0.3, -0.25) is 10.1 Å². The standard InChI is InChI=1S/C18H18F3N3O6S/c1-12-15(9-8-14(16(12)24(26)27)23(2)11-18(19,20)21)31(28,29)22-17(25)30-10-13-6-4-3-5-7-13/h3-9H,10-11H2,1-2H3,(H,22,25). The highest BCUT2D eigenvalue weighted by Gasteiger charge is 2.34. The van der Waals surface area contributed by atoms with Crippen LogP contribution in [0.15, 0.2) is 47.4 Å². The van der Waals surface area contributed by atoms with Crippen molar-refractivity contribution in [2.24, 2.45) is 0 Å². The van der Waals surface area contributed by atoms with Gasteiger partial charge in [0.05, 0.1) is 9.82 Å². The molecule has 0 aromatic heterocycles. The molecular weight excluding hydrogens is 443 g/mol. The number of sulfonamides is 1. The van der Waals surface area contributed by atoms with Crippen molar-refractivity contribution in [3.8, 4) is 0 Å². The van der Waals surface area contributed by atoms with Gasteiger partial charge >= 0.3 is 12.3 Å². The van der Waals surface area contributed by atoms with Crippen LogP contribution in [-0.2, 0) is 21.4 Å². The number of ether oxygens (including phenoxy) is 1. The fourth-order valence-electron chi connectivity index (χ4n) is 2.77.